The molecule has 2 saturated heterocycles. The molecular weight excluding hydrogens is 660 g/mol. The lowest BCUT2D eigenvalue weighted by atomic mass is 9.80. The van der Waals surface area contributed by atoms with Crippen molar-refractivity contribution in [2.24, 2.45) is 0 Å². The van der Waals surface area contributed by atoms with Gasteiger partial charge in [0.05, 0.1) is 17.7 Å². The second kappa shape index (κ2) is 15.6. The predicted octanol–water partition coefficient (Wildman–Crippen LogP) is 7.30. The summed E-state index contributed by atoms with van der Waals surface area (Å²) in [6.07, 6.45) is -5.48. The third kappa shape index (κ3) is 7.27. The molecule has 2 fully saturated rings. The molecule has 6 unspecified atom stereocenters. The molecular formula is C43H40O9. The van der Waals surface area contributed by atoms with Crippen LogP contribution in [0.5, 0.6) is 0 Å². The first kappa shape index (κ1) is 35.3. The summed E-state index contributed by atoms with van der Waals surface area (Å²) in [5, 5.41) is 0. The van der Waals surface area contributed by atoms with Crippen LogP contribution in [0, 0.1) is 0 Å². The van der Waals surface area contributed by atoms with Crippen molar-refractivity contribution < 1.29 is 42.7 Å². The minimum absolute atomic E-state index is 0.122. The fraction of sp³-hybridized carbons (Fsp3) is 0.256. The summed E-state index contributed by atoms with van der Waals surface area (Å²) in [5.74, 6) is -2.79. The van der Waals surface area contributed by atoms with Gasteiger partial charge in [0, 0.05) is 13.5 Å². The summed E-state index contributed by atoms with van der Waals surface area (Å²) in [6, 6.07) is 46.9. The Labute approximate surface area is 303 Å². The summed E-state index contributed by atoms with van der Waals surface area (Å²) >= 11 is 0. The maximum atomic E-state index is 13.8. The quantitative estimate of drug-likeness (QED) is 0.0981. The number of hydrogen-bond donors (Lipinski definition) is 0. The highest BCUT2D eigenvalue weighted by atomic mass is 16.9. The molecule has 6 atom stereocenters. The number of fused-ring (bicyclic) bond motifs is 1. The Bertz CT molecular complexity index is 1810. The zero-order valence-electron chi connectivity index (χ0n) is 28.9. The Balaban J connectivity index is 1.31. The maximum Gasteiger partial charge on any atom is 0.338 e. The van der Waals surface area contributed by atoms with E-state index < -0.39 is 54.2 Å². The number of ether oxygens (including phenoxy) is 7. The van der Waals surface area contributed by atoms with Crippen LogP contribution in [0.25, 0.3) is 0 Å². The Morgan fingerprint density at radius 1 is 0.615 bits per heavy atom. The van der Waals surface area contributed by atoms with Gasteiger partial charge in [-0.2, -0.15) is 0 Å². The van der Waals surface area contributed by atoms with Gasteiger partial charge in [0.1, 0.15) is 11.7 Å². The Kier molecular flexibility index (Phi) is 10.6. The van der Waals surface area contributed by atoms with Gasteiger partial charge in [-0.3, -0.25) is 4.74 Å². The highest BCUT2D eigenvalue weighted by Crippen LogP contribution is 2.43. The SMILES string of the molecule is CCOC1(C)OC2OC(COC(c3ccccc3)(c3ccccc3)c3ccccc3)C(OC(=O)c3ccccc3)C(OC(=O)c3ccccc3)C2O1. The van der Waals surface area contributed by atoms with Crippen LogP contribution in [0.3, 0.4) is 0 Å². The minimum atomic E-state index is -1.52. The van der Waals surface area contributed by atoms with Crippen molar-refractivity contribution in [1.29, 1.82) is 0 Å². The van der Waals surface area contributed by atoms with Crippen LogP contribution >= 0.6 is 0 Å². The highest BCUT2D eigenvalue weighted by Gasteiger charge is 2.60. The summed E-state index contributed by atoms with van der Waals surface area (Å²) in [7, 11) is 0. The lowest BCUT2D eigenvalue weighted by Crippen LogP contribution is -2.61. The molecule has 0 N–H and O–H groups in total. The van der Waals surface area contributed by atoms with Crippen LogP contribution in [0.4, 0.5) is 0 Å². The molecule has 7 rings (SSSR count). The molecule has 52 heavy (non-hydrogen) atoms. The van der Waals surface area contributed by atoms with Gasteiger partial charge in [0.2, 0.25) is 0 Å². The van der Waals surface area contributed by atoms with Crippen LogP contribution in [-0.2, 0) is 38.8 Å². The average Bonchev–Trinajstić information content (AvgIpc) is 3.53. The van der Waals surface area contributed by atoms with E-state index in [1.54, 1.807) is 67.6 Å². The smallest absolute Gasteiger partial charge is 0.338 e. The molecule has 2 heterocycles. The molecule has 9 nitrogen and oxygen atoms in total. The molecule has 2 aliphatic heterocycles. The number of rotatable bonds is 12. The lowest BCUT2D eigenvalue weighted by Gasteiger charge is -2.43. The van der Waals surface area contributed by atoms with Crippen molar-refractivity contribution in [3.63, 3.8) is 0 Å². The molecule has 9 heteroatoms. The lowest BCUT2D eigenvalue weighted by molar-refractivity contribution is -0.343. The first-order chi connectivity index (χ1) is 25.4. The second-order valence-electron chi connectivity index (χ2n) is 12.6. The highest BCUT2D eigenvalue weighted by molar-refractivity contribution is 5.90. The Morgan fingerprint density at radius 3 is 1.48 bits per heavy atom. The van der Waals surface area contributed by atoms with E-state index in [2.05, 4.69) is 0 Å². The van der Waals surface area contributed by atoms with Gasteiger partial charge in [-0.15, -0.1) is 0 Å². The van der Waals surface area contributed by atoms with E-state index in [9.17, 15) is 9.59 Å². The van der Waals surface area contributed by atoms with Gasteiger partial charge in [-0.05, 0) is 47.9 Å². The molecule has 0 spiro atoms. The van der Waals surface area contributed by atoms with E-state index in [1.165, 1.54) is 0 Å². The first-order valence-electron chi connectivity index (χ1n) is 17.4. The third-order valence-corrected chi connectivity index (χ3v) is 9.19. The average molecular weight is 701 g/mol. The van der Waals surface area contributed by atoms with E-state index >= 15 is 0 Å². The Hall–Kier alpha value is -5.16. The zero-order chi connectivity index (χ0) is 36.0. The van der Waals surface area contributed by atoms with E-state index in [1.807, 2.05) is 97.9 Å². The monoisotopic (exact) mass is 700 g/mol. The topological polar surface area (TPSA) is 98.8 Å². The maximum absolute atomic E-state index is 13.8. The van der Waals surface area contributed by atoms with Gasteiger partial charge >= 0.3 is 11.9 Å². The second-order valence-corrected chi connectivity index (χ2v) is 12.6. The molecule has 5 aromatic rings. The molecule has 5 aromatic carbocycles. The molecule has 0 saturated carbocycles. The summed E-state index contributed by atoms with van der Waals surface area (Å²) < 4.78 is 44.5. The summed E-state index contributed by atoms with van der Waals surface area (Å²) in [6.45, 7) is 3.58. The largest absolute Gasteiger partial charge is 0.452 e. The van der Waals surface area contributed by atoms with Crippen LogP contribution in [0.1, 0.15) is 51.3 Å². The van der Waals surface area contributed by atoms with Crippen molar-refractivity contribution in [1.82, 2.24) is 0 Å². The predicted molar refractivity (Wildman–Crippen MR) is 191 cm³/mol. The summed E-state index contributed by atoms with van der Waals surface area (Å²) in [4.78, 5) is 27.5. The number of hydrogen-bond acceptors (Lipinski definition) is 9. The molecule has 0 radical (unpaired) electrons. The molecule has 0 aromatic heterocycles. The van der Waals surface area contributed by atoms with Crippen LogP contribution < -0.4 is 0 Å². The molecule has 0 bridgehead atoms. The standard InChI is InChI=1S/C43H40O9/c1-3-46-42(2)51-38-37(50-40(45)31-21-11-5-12-22-31)36(49-39(44)30-19-9-4-10-20-30)35(48-41(38)52-42)29-47-43(32-23-13-6-14-24-32,33-25-15-7-16-26-33)34-27-17-8-18-28-34/h4-28,35-38,41H,3,29H2,1-2H3. The number of benzene rings is 5. The fourth-order valence-corrected chi connectivity index (χ4v) is 6.83. The zero-order valence-corrected chi connectivity index (χ0v) is 28.9. The van der Waals surface area contributed by atoms with Crippen LogP contribution in [0.2, 0.25) is 0 Å². The van der Waals surface area contributed by atoms with Crippen LogP contribution in [0.15, 0.2) is 152 Å². The van der Waals surface area contributed by atoms with Crippen molar-refractivity contribution in [2.75, 3.05) is 13.2 Å². The van der Waals surface area contributed by atoms with E-state index in [4.69, 9.17) is 33.2 Å². The van der Waals surface area contributed by atoms with E-state index in [0.29, 0.717) is 11.1 Å². The molecule has 0 amide bonds. The molecule has 266 valence electrons. The van der Waals surface area contributed by atoms with Gasteiger partial charge in [-0.25, -0.2) is 9.59 Å². The van der Waals surface area contributed by atoms with Gasteiger partial charge < -0.3 is 28.4 Å². The van der Waals surface area contributed by atoms with Gasteiger partial charge in [0.25, 0.3) is 5.97 Å². The van der Waals surface area contributed by atoms with Crippen molar-refractivity contribution >= 4 is 11.9 Å². The normalized spacial score (nSPS) is 24.1. The van der Waals surface area contributed by atoms with E-state index in [0.717, 1.165) is 16.7 Å². The van der Waals surface area contributed by atoms with E-state index in [-0.39, 0.29) is 13.2 Å². The fourth-order valence-electron chi connectivity index (χ4n) is 6.83. The van der Waals surface area contributed by atoms with Crippen molar-refractivity contribution in [3.8, 4) is 0 Å². The number of carbonyl (C=O) groups excluding carboxylic acids is 2. The minimum Gasteiger partial charge on any atom is -0.452 e. The number of esters is 2. The number of carbonyl (C=O) groups is 2. The third-order valence-electron chi connectivity index (χ3n) is 9.19. The van der Waals surface area contributed by atoms with Crippen molar-refractivity contribution in [2.45, 2.75) is 56.1 Å². The first-order valence-corrected chi connectivity index (χ1v) is 17.4. The van der Waals surface area contributed by atoms with Gasteiger partial charge in [0.15, 0.2) is 24.6 Å². The molecule has 0 aliphatic carbocycles. The van der Waals surface area contributed by atoms with Gasteiger partial charge in [-0.1, -0.05) is 127 Å². The molecule has 2 aliphatic rings. The summed E-state index contributed by atoms with van der Waals surface area (Å²) in [5.41, 5.74) is 2.11. The Morgan fingerprint density at radius 2 is 1.04 bits per heavy atom. The van der Waals surface area contributed by atoms with Crippen LogP contribution in [-0.4, -0.2) is 61.8 Å². The van der Waals surface area contributed by atoms with Crippen molar-refractivity contribution in [3.05, 3.63) is 179 Å².